The van der Waals surface area contributed by atoms with Crippen molar-refractivity contribution in [3.63, 3.8) is 0 Å². The van der Waals surface area contributed by atoms with Gasteiger partial charge in [0.25, 0.3) is 11.8 Å². The zero-order valence-corrected chi connectivity index (χ0v) is 21.5. The van der Waals surface area contributed by atoms with E-state index in [0.29, 0.717) is 41.6 Å². The van der Waals surface area contributed by atoms with Gasteiger partial charge < -0.3 is 25.0 Å². The van der Waals surface area contributed by atoms with Crippen LogP contribution in [0.5, 0.6) is 5.75 Å². The number of amides is 2. The van der Waals surface area contributed by atoms with Gasteiger partial charge in [-0.3, -0.25) is 9.59 Å². The van der Waals surface area contributed by atoms with Crippen LogP contribution in [0.15, 0.2) is 72.8 Å². The zero-order valence-electron chi connectivity index (χ0n) is 21.5. The van der Waals surface area contributed by atoms with Gasteiger partial charge in [0.15, 0.2) is 0 Å². The summed E-state index contributed by atoms with van der Waals surface area (Å²) in [5.41, 5.74) is 3.84. The van der Waals surface area contributed by atoms with Crippen molar-refractivity contribution in [1.82, 2.24) is 5.32 Å². The minimum Gasteiger partial charge on any atom is -0.497 e. The molecule has 0 aliphatic carbocycles. The minimum atomic E-state index is -0.265. The quantitative estimate of drug-likeness (QED) is 0.391. The molecular weight excluding hydrogens is 466 g/mol. The van der Waals surface area contributed by atoms with E-state index in [4.69, 9.17) is 9.47 Å². The van der Waals surface area contributed by atoms with Gasteiger partial charge in [0, 0.05) is 43.7 Å². The Bertz CT molecular complexity index is 1190. The summed E-state index contributed by atoms with van der Waals surface area (Å²) in [6.07, 6.45) is 3.20. The monoisotopic (exact) mass is 501 g/mol. The molecule has 0 radical (unpaired) electrons. The summed E-state index contributed by atoms with van der Waals surface area (Å²) in [4.78, 5) is 28.3. The highest BCUT2D eigenvalue weighted by Gasteiger charge is 2.24. The van der Waals surface area contributed by atoms with Crippen molar-refractivity contribution in [1.29, 1.82) is 0 Å². The maximum absolute atomic E-state index is 13.2. The molecular formula is C30H35N3O4. The number of carbonyl (C=O) groups excluding carboxylic acids is 2. The first kappa shape index (κ1) is 26.2. The molecule has 0 saturated carbocycles. The SMILES string of the molecule is COCCNC(=O)c1cc(NC(=O)c2cccc(OC)c2)ccc1N1CCC(Cc2ccccc2)CC1. The molecule has 1 aliphatic rings. The molecule has 1 aliphatic heterocycles. The molecule has 3 aromatic carbocycles. The minimum absolute atomic E-state index is 0.184. The van der Waals surface area contributed by atoms with E-state index in [-0.39, 0.29) is 11.8 Å². The van der Waals surface area contributed by atoms with E-state index in [1.807, 2.05) is 18.2 Å². The van der Waals surface area contributed by atoms with Gasteiger partial charge in [0.1, 0.15) is 5.75 Å². The lowest BCUT2D eigenvalue weighted by Crippen LogP contribution is -2.36. The Hall–Kier alpha value is -3.84. The fourth-order valence-corrected chi connectivity index (χ4v) is 4.73. The van der Waals surface area contributed by atoms with Crippen molar-refractivity contribution in [2.75, 3.05) is 50.7 Å². The van der Waals surface area contributed by atoms with E-state index in [9.17, 15) is 9.59 Å². The van der Waals surface area contributed by atoms with Crippen molar-refractivity contribution in [2.45, 2.75) is 19.3 Å². The third-order valence-electron chi connectivity index (χ3n) is 6.75. The Morgan fingerprint density at radius 3 is 2.43 bits per heavy atom. The second-order valence-electron chi connectivity index (χ2n) is 9.29. The number of hydrogen-bond donors (Lipinski definition) is 2. The van der Waals surface area contributed by atoms with E-state index in [0.717, 1.165) is 38.0 Å². The lowest BCUT2D eigenvalue weighted by Gasteiger charge is -2.35. The molecule has 1 saturated heterocycles. The van der Waals surface area contributed by atoms with E-state index >= 15 is 0 Å². The molecule has 3 aromatic rings. The first-order chi connectivity index (χ1) is 18.1. The van der Waals surface area contributed by atoms with Crippen LogP contribution in [0.1, 0.15) is 39.1 Å². The molecule has 194 valence electrons. The van der Waals surface area contributed by atoms with Crippen LogP contribution in [0.25, 0.3) is 0 Å². The van der Waals surface area contributed by atoms with Crippen LogP contribution in [-0.4, -0.2) is 52.3 Å². The maximum Gasteiger partial charge on any atom is 0.255 e. The number of ether oxygens (including phenoxy) is 2. The van der Waals surface area contributed by atoms with E-state index < -0.39 is 0 Å². The molecule has 1 fully saturated rings. The average molecular weight is 502 g/mol. The summed E-state index contributed by atoms with van der Waals surface area (Å²) in [6, 6.07) is 23.1. The van der Waals surface area contributed by atoms with E-state index in [1.54, 1.807) is 44.6 Å². The summed E-state index contributed by atoms with van der Waals surface area (Å²) in [7, 11) is 3.17. The number of carbonyl (C=O) groups is 2. The largest absolute Gasteiger partial charge is 0.497 e. The summed E-state index contributed by atoms with van der Waals surface area (Å²) in [6.45, 7) is 2.60. The number of nitrogens with zero attached hydrogens (tertiary/aromatic N) is 1. The number of anilines is 2. The predicted molar refractivity (Wildman–Crippen MR) is 147 cm³/mol. The second-order valence-corrected chi connectivity index (χ2v) is 9.29. The smallest absolute Gasteiger partial charge is 0.255 e. The molecule has 1 heterocycles. The number of piperidine rings is 1. The summed E-state index contributed by atoms with van der Waals surface area (Å²) in [5, 5.41) is 5.85. The van der Waals surface area contributed by atoms with Gasteiger partial charge in [-0.05, 0) is 67.1 Å². The number of benzene rings is 3. The normalized spacial score (nSPS) is 13.7. The molecule has 0 bridgehead atoms. The Labute approximate surface area is 218 Å². The highest BCUT2D eigenvalue weighted by Crippen LogP contribution is 2.30. The fraction of sp³-hybridized carbons (Fsp3) is 0.333. The van der Waals surface area contributed by atoms with Crippen LogP contribution in [0.4, 0.5) is 11.4 Å². The second kappa shape index (κ2) is 12.9. The Kier molecular flexibility index (Phi) is 9.16. The Morgan fingerprint density at radius 1 is 0.919 bits per heavy atom. The molecule has 4 rings (SSSR count). The van der Waals surface area contributed by atoms with Crippen molar-refractivity contribution < 1.29 is 19.1 Å². The molecule has 7 nitrogen and oxygen atoms in total. The van der Waals surface area contributed by atoms with Crippen LogP contribution < -0.4 is 20.3 Å². The standard InChI is InChI=1S/C30H35N3O4/c1-36-18-15-31-30(35)27-21-25(32-29(34)24-9-6-10-26(20-24)37-2)11-12-28(27)33-16-13-23(14-17-33)19-22-7-4-3-5-8-22/h3-12,20-21,23H,13-19H2,1-2H3,(H,31,35)(H,32,34). The van der Waals surface area contributed by atoms with Gasteiger partial charge in [-0.25, -0.2) is 0 Å². The molecule has 7 heteroatoms. The molecule has 0 aromatic heterocycles. The summed E-state index contributed by atoms with van der Waals surface area (Å²) < 4.78 is 10.3. The average Bonchev–Trinajstić information content (AvgIpc) is 2.94. The number of rotatable bonds is 10. The molecule has 37 heavy (non-hydrogen) atoms. The van der Waals surface area contributed by atoms with E-state index in [2.05, 4.69) is 39.8 Å². The number of methoxy groups -OCH3 is 2. The van der Waals surface area contributed by atoms with Crippen LogP contribution in [0.3, 0.4) is 0 Å². The number of nitrogens with one attached hydrogen (secondary N) is 2. The third kappa shape index (κ3) is 7.11. The Balaban J connectivity index is 1.49. The van der Waals surface area contributed by atoms with Gasteiger partial charge in [-0.2, -0.15) is 0 Å². The van der Waals surface area contributed by atoms with E-state index in [1.165, 1.54) is 5.56 Å². The molecule has 2 amide bonds. The van der Waals surface area contributed by atoms with Gasteiger partial charge in [0.05, 0.1) is 19.3 Å². The molecule has 2 N–H and O–H groups in total. The van der Waals surface area contributed by atoms with Crippen molar-refractivity contribution in [3.05, 3.63) is 89.5 Å². The van der Waals surface area contributed by atoms with Gasteiger partial charge in [0.2, 0.25) is 0 Å². The molecule has 0 spiro atoms. The molecule has 0 atom stereocenters. The van der Waals surface area contributed by atoms with Crippen LogP contribution in [-0.2, 0) is 11.2 Å². The topological polar surface area (TPSA) is 79.9 Å². The van der Waals surface area contributed by atoms with Crippen LogP contribution >= 0.6 is 0 Å². The lowest BCUT2D eigenvalue weighted by atomic mass is 9.89. The first-order valence-corrected chi connectivity index (χ1v) is 12.7. The van der Waals surface area contributed by atoms with Crippen LogP contribution in [0.2, 0.25) is 0 Å². The Morgan fingerprint density at radius 2 is 1.70 bits per heavy atom. The molecule has 0 unspecified atom stereocenters. The van der Waals surface area contributed by atoms with Crippen molar-refractivity contribution in [3.8, 4) is 5.75 Å². The van der Waals surface area contributed by atoms with Crippen molar-refractivity contribution in [2.24, 2.45) is 5.92 Å². The lowest BCUT2D eigenvalue weighted by molar-refractivity contribution is 0.0936. The first-order valence-electron chi connectivity index (χ1n) is 12.7. The fourth-order valence-electron chi connectivity index (χ4n) is 4.73. The van der Waals surface area contributed by atoms with Gasteiger partial charge in [-0.1, -0.05) is 36.4 Å². The van der Waals surface area contributed by atoms with Gasteiger partial charge >= 0.3 is 0 Å². The van der Waals surface area contributed by atoms with Crippen molar-refractivity contribution >= 4 is 23.2 Å². The zero-order chi connectivity index (χ0) is 26.0. The highest BCUT2D eigenvalue weighted by atomic mass is 16.5. The number of hydrogen-bond acceptors (Lipinski definition) is 5. The van der Waals surface area contributed by atoms with Crippen LogP contribution in [0, 0.1) is 5.92 Å². The summed E-state index contributed by atoms with van der Waals surface area (Å²) in [5.74, 6) is 0.783. The predicted octanol–water partition coefficient (Wildman–Crippen LogP) is 4.78. The van der Waals surface area contributed by atoms with Gasteiger partial charge in [-0.15, -0.1) is 0 Å². The maximum atomic E-state index is 13.2. The summed E-state index contributed by atoms with van der Waals surface area (Å²) >= 11 is 0. The highest BCUT2D eigenvalue weighted by molar-refractivity contribution is 6.06. The third-order valence-corrected chi connectivity index (χ3v) is 6.75.